The molecule has 0 heterocycles. The predicted molar refractivity (Wildman–Crippen MR) is 91.9 cm³/mol. The van der Waals surface area contributed by atoms with E-state index < -0.39 is 10.0 Å². The molecular formula is C15H19N3O2S2. The molecule has 0 fully saturated rings. The summed E-state index contributed by atoms with van der Waals surface area (Å²) in [6.45, 7) is 2.26. The van der Waals surface area contributed by atoms with Crippen LogP contribution in [0.3, 0.4) is 0 Å². The maximum atomic E-state index is 11.4. The van der Waals surface area contributed by atoms with Crippen LogP contribution in [0.2, 0.25) is 0 Å². The molecule has 118 valence electrons. The minimum Gasteiger partial charge on any atom is -0.355 e. The van der Waals surface area contributed by atoms with E-state index in [9.17, 15) is 8.42 Å². The van der Waals surface area contributed by atoms with Crippen molar-refractivity contribution < 1.29 is 8.42 Å². The van der Waals surface area contributed by atoms with Gasteiger partial charge in [-0.2, -0.15) is 0 Å². The smallest absolute Gasteiger partial charge is 0.238 e. The first-order chi connectivity index (χ1) is 10.3. The maximum Gasteiger partial charge on any atom is 0.238 e. The Labute approximate surface area is 135 Å². The van der Waals surface area contributed by atoms with Gasteiger partial charge < -0.3 is 11.1 Å². The average Bonchev–Trinajstić information content (AvgIpc) is 2.46. The highest BCUT2D eigenvalue weighted by atomic mass is 32.2. The minimum absolute atomic E-state index is 0.0624. The fraction of sp³-hybridized carbons (Fsp3) is 0.200. The first-order valence-electron chi connectivity index (χ1n) is 6.62. The largest absolute Gasteiger partial charge is 0.355 e. The van der Waals surface area contributed by atoms with E-state index >= 15 is 0 Å². The molecule has 0 aliphatic carbocycles. The molecule has 2 aromatic carbocycles. The minimum atomic E-state index is -3.73. The van der Waals surface area contributed by atoms with Crippen molar-refractivity contribution in [3.63, 3.8) is 0 Å². The zero-order chi connectivity index (χ0) is 16.3. The van der Waals surface area contributed by atoms with Crippen LogP contribution < -0.4 is 16.2 Å². The van der Waals surface area contributed by atoms with E-state index in [-0.39, 0.29) is 11.4 Å². The van der Waals surface area contributed by atoms with Gasteiger partial charge in [0, 0.05) is 22.8 Å². The number of anilines is 2. The number of aryl methyl sites for hydroxylation is 1. The molecule has 0 aliphatic rings. The summed E-state index contributed by atoms with van der Waals surface area (Å²) in [5, 5.41) is 8.41. The van der Waals surface area contributed by atoms with E-state index in [1.807, 2.05) is 31.4 Å². The topological polar surface area (TPSA) is 98.2 Å². The number of thioether (sulfide) groups is 1. The van der Waals surface area contributed by atoms with Crippen LogP contribution in [-0.2, 0) is 16.6 Å². The lowest BCUT2D eigenvalue weighted by molar-refractivity contribution is 0.597. The van der Waals surface area contributed by atoms with Crippen LogP contribution in [0, 0.1) is 6.92 Å². The Morgan fingerprint density at radius 1 is 1.18 bits per heavy atom. The van der Waals surface area contributed by atoms with Gasteiger partial charge >= 0.3 is 0 Å². The highest BCUT2D eigenvalue weighted by molar-refractivity contribution is 7.98. The Balaban J connectivity index is 2.35. The number of nitrogens with two attached hydrogens (primary N) is 2. The molecule has 2 rings (SSSR count). The van der Waals surface area contributed by atoms with E-state index in [0.717, 1.165) is 11.4 Å². The van der Waals surface area contributed by atoms with Gasteiger partial charge in [-0.25, -0.2) is 13.6 Å². The van der Waals surface area contributed by atoms with Crippen LogP contribution >= 0.6 is 11.8 Å². The Kier molecular flexibility index (Phi) is 5.12. The molecule has 0 spiro atoms. The van der Waals surface area contributed by atoms with E-state index in [1.165, 1.54) is 22.6 Å². The van der Waals surface area contributed by atoms with Crippen molar-refractivity contribution in [3.05, 3.63) is 47.5 Å². The number of rotatable bonds is 5. The monoisotopic (exact) mass is 337 g/mol. The van der Waals surface area contributed by atoms with Crippen LogP contribution in [0.5, 0.6) is 0 Å². The van der Waals surface area contributed by atoms with Gasteiger partial charge in [-0.3, -0.25) is 0 Å². The van der Waals surface area contributed by atoms with E-state index in [1.54, 1.807) is 17.8 Å². The Morgan fingerprint density at radius 2 is 1.91 bits per heavy atom. The van der Waals surface area contributed by atoms with Gasteiger partial charge in [0.1, 0.15) is 0 Å². The standard InChI is InChI=1S/C15H19N3O2S2/c1-10-7-12(3-6-15(10)21-2)18-14-5-4-13(22(17,19)20)8-11(14)9-16/h3-8,18H,9,16H2,1-2H3,(H2,17,19,20). The van der Waals surface area contributed by atoms with Crippen molar-refractivity contribution >= 4 is 33.2 Å². The third-order valence-corrected chi connectivity index (χ3v) is 5.11. The van der Waals surface area contributed by atoms with Gasteiger partial charge in [0.05, 0.1) is 4.90 Å². The molecule has 0 amide bonds. The quantitative estimate of drug-likeness (QED) is 0.728. The molecule has 0 atom stereocenters. The van der Waals surface area contributed by atoms with Gasteiger partial charge in [0.15, 0.2) is 0 Å². The molecule has 0 aliphatic heterocycles. The Hall–Kier alpha value is -1.54. The summed E-state index contributed by atoms with van der Waals surface area (Å²) < 4.78 is 22.8. The van der Waals surface area contributed by atoms with Crippen molar-refractivity contribution in [2.24, 2.45) is 10.9 Å². The van der Waals surface area contributed by atoms with Crippen molar-refractivity contribution in [1.29, 1.82) is 0 Å². The van der Waals surface area contributed by atoms with Crippen LogP contribution in [0.1, 0.15) is 11.1 Å². The van der Waals surface area contributed by atoms with Crippen molar-refractivity contribution in [2.45, 2.75) is 23.3 Å². The van der Waals surface area contributed by atoms with Gasteiger partial charge in [-0.05, 0) is 60.7 Å². The van der Waals surface area contributed by atoms with Crippen LogP contribution in [-0.4, -0.2) is 14.7 Å². The fourth-order valence-electron chi connectivity index (χ4n) is 2.15. The number of sulfonamides is 1. The molecule has 0 radical (unpaired) electrons. The molecule has 5 N–H and O–H groups in total. The number of nitrogens with one attached hydrogen (secondary N) is 1. The van der Waals surface area contributed by atoms with Crippen molar-refractivity contribution in [3.8, 4) is 0 Å². The average molecular weight is 337 g/mol. The summed E-state index contributed by atoms with van der Waals surface area (Å²) in [6.07, 6.45) is 2.04. The van der Waals surface area contributed by atoms with Gasteiger partial charge in [0.25, 0.3) is 0 Å². The number of primary sulfonamides is 1. The lowest BCUT2D eigenvalue weighted by Crippen LogP contribution is -2.13. The first-order valence-corrected chi connectivity index (χ1v) is 9.39. The highest BCUT2D eigenvalue weighted by Gasteiger charge is 2.11. The van der Waals surface area contributed by atoms with Gasteiger partial charge in [-0.15, -0.1) is 11.8 Å². The molecule has 0 aromatic heterocycles. The van der Waals surface area contributed by atoms with E-state index in [4.69, 9.17) is 10.9 Å². The molecule has 7 heteroatoms. The number of benzene rings is 2. The van der Waals surface area contributed by atoms with E-state index in [2.05, 4.69) is 5.32 Å². The zero-order valence-electron chi connectivity index (χ0n) is 12.5. The lowest BCUT2D eigenvalue weighted by atomic mass is 10.1. The molecule has 5 nitrogen and oxygen atoms in total. The second-order valence-corrected chi connectivity index (χ2v) is 7.29. The van der Waals surface area contributed by atoms with Gasteiger partial charge in [0.2, 0.25) is 10.0 Å². The molecule has 22 heavy (non-hydrogen) atoms. The summed E-state index contributed by atoms with van der Waals surface area (Å²) >= 11 is 1.69. The normalized spacial score (nSPS) is 11.5. The third kappa shape index (κ3) is 3.80. The molecule has 2 aromatic rings. The second kappa shape index (κ2) is 6.70. The van der Waals surface area contributed by atoms with Crippen molar-refractivity contribution in [2.75, 3.05) is 11.6 Å². The summed E-state index contributed by atoms with van der Waals surface area (Å²) in [5.74, 6) is 0. The molecule has 0 saturated heterocycles. The highest BCUT2D eigenvalue weighted by Crippen LogP contribution is 2.27. The fourth-order valence-corrected chi connectivity index (χ4v) is 3.30. The summed E-state index contributed by atoms with van der Waals surface area (Å²) in [6, 6.07) is 10.7. The number of hydrogen-bond donors (Lipinski definition) is 3. The molecule has 0 bridgehead atoms. The second-order valence-electron chi connectivity index (χ2n) is 4.88. The van der Waals surface area contributed by atoms with Crippen LogP contribution in [0.25, 0.3) is 0 Å². The molecule has 0 unspecified atom stereocenters. The summed E-state index contributed by atoms with van der Waals surface area (Å²) in [5.41, 5.74) is 9.27. The Morgan fingerprint density at radius 3 is 2.45 bits per heavy atom. The number of hydrogen-bond acceptors (Lipinski definition) is 5. The summed E-state index contributed by atoms with van der Waals surface area (Å²) in [4.78, 5) is 1.28. The molecular weight excluding hydrogens is 318 g/mol. The Bertz CT molecular complexity index is 789. The van der Waals surface area contributed by atoms with Crippen LogP contribution in [0.15, 0.2) is 46.2 Å². The maximum absolute atomic E-state index is 11.4. The van der Waals surface area contributed by atoms with Crippen molar-refractivity contribution in [1.82, 2.24) is 0 Å². The third-order valence-electron chi connectivity index (χ3n) is 3.30. The lowest BCUT2D eigenvalue weighted by Gasteiger charge is -2.13. The predicted octanol–water partition coefficient (Wildman–Crippen LogP) is 2.57. The van der Waals surface area contributed by atoms with Crippen LogP contribution in [0.4, 0.5) is 11.4 Å². The van der Waals surface area contributed by atoms with Gasteiger partial charge in [-0.1, -0.05) is 0 Å². The summed E-state index contributed by atoms with van der Waals surface area (Å²) in [7, 11) is -3.73. The SMILES string of the molecule is CSc1ccc(Nc2ccc(S(N)(=O)=O)cc2CN)cc1C. The zero-order valence-corrected chi connectivity index (χ0v) is 14.1. The van der Waals surface area contributed by atoms with E-state index in [0.29, 0.717) is 5.56 Å². The molecule has 0 saturated carbocycles. The first kappa shape index (κ1) is 16.8.